The standard InChI is InChI=1S/C26H24N4O/c1-17-15-30(22-9-6-19(14-27)7-10-22)24-13-20(21-5-4-12-29(3)16-21)8-11-23(24)25-18(2)28-31-26(17)25/h4-11,13,16-17H,12,15H2,1-3H3. The molecule has 0 N–H and O–H groups in total. The van der Waals surface area contributed by atoms with Crippen molar-refractivity contribution in [3.63, 3.8) is 0 Å². The highest BCUT2D eigenvalue weighted by Gasteiger charge is 2.30. The number of hydrogen-bond donors (Lipinski definition) is 0. The molecule has 0 saturated carbocycles. The number of aryl methyl sites for hydroxylation is 1. The maximum Gasteiger partial charge on any atom is 0.149 e. The minimum atomic E-state index is 0.169. The Hall–Kier alpha value is -3.78. The van der Waals surface area contributed by atoms with Crippen LogP contribution >= 0.6 is 0 Å². The molecule has 2 aliphatic rings. The summed E-state index contributed by atoms with van der Waals surface area (Å²) in [4.78, 5) is 4.51. The normalized spacial score (nSPS) is 17.5. The second kappa shape index (κ2) is 7.48. The second-order valence-corrected chi connectivity index (χ2v) is 8.34. The van der Waals surface area contributed by atoms with Crippen molar-refractivity contribution in [2.45, 2.75) is 19.8 Å². The maximum atomic E-state index is 9.21. The zero-order valence-corrected chi connectivity index (χ0v) is 18.0. The van der Waals surface area contributed by atoms with Crippen LogP contribution in [0.4, 0.5) is 11.4 Å². The number of hydrogen-bond acceptors (Lipinski definition) is 5. The number of aromatic nitrogens is 1. The van der Waals surface area contributed by atoms with Crippen molar-refractivity contribution in [3.05, 3.63) is 83.4 Å². The lowest BCUT2D eigenvalue weighted by Gasteiger charge is -2.28. The fraction of sp³-hybridized carbons (Fsp3) is 0.231. The Morgan fingerprint density at radius 3 is 2.71 bits per heavy atom. The molecule has 5 nitrogen and oxygen atoms in total. The molecule has 0 spiro atoms. The number of likely N-dealkylation sites (N-methyl/N-ethyl adjacent to an activating group) is 1. The topological polar surface area (TPSA) is 56.3 Å². The molecule has 2 aliphatic heterocycles. The van der Waals surface area contributed by atoms with Crippen molar-refractivity contribution in [3.8, 4) is 17.2 Å². The Bertz CT molecular complexity index is 1240. The average Bonchev–Trinajstić information content (AvgIpc) is 3.12. The van der Waals surface area contributed by atoms with Crippen molar-refractivity contribution in [1.82, 2.24) is 10.1 Å². The van der Waals surface area contributed by atoms with E-state index in [-0.39, 0.29) is 5.92 Å². The van der Waals surface area contributed by atoms with Crippen LogP contribution in [0.2, 0.25) is 0 Å². The number of rotatable bonds is 2. The molecule has 5 rings (SSSR count). The molecule has 31 heavy (non-hydrogen) atoms. The van der Waals surface area contributed by atoms with E-state index >= 15 is 0 Å². The van der Waals surface area contributed by atoms with E-state index in [0.29, 0.717) is 5.56 Å². The van der Waals surface area contributed by atoms with E-state index in [0.717, 1.165) is 47.0 Å². The average molecular weight is 409 g/mol. The summed E-state index contributed by atoms with van der Waals surface area (Å²) in [5.41, 5.74) is 8.34. The summed E-state index contributed by atoms with van der Waals surface area (Å²) >= 11 is 0. The van der Waals surface area contributed by atoms with Crippen LogP contribution in [0.5, 0.6) is 0 Å². The predicted molar refractivity (Wildman–Crippen MR) is 123 cm³/mol. The summed E-state index contributed by atoms with van der Waals surface area (Å²) in [5, 5.41) is 13.5. The third-order valence-corrected chi connectivity index (χ3v) is 6.04. The van der Waals surface area contributed by atoms with E-state index in [4.69, 9.17) is 4.52 Å². The number of anilines is 2. The Balaban J connectivity index is 1.71. The zero-order chi connectivity index (χ0) is 21.5. The van der Waals surface area contributed by atoms with Crippen LogP contribution in [0.3, 0.4) is 0 Å². The predicted octanol–water partition coefficient (Wildman–Crippen LogP) is 5.62. The van der Waals surface area contributed by atoms with Gasteiger partial charge in [-0.3, -0.25) is 0 Å². The van der Waals surface area contributed by atoms with E-state index in [9.17, 15) is 5.26 Å². The molecule has 3 aromatic rings. The van der Waals surface area contributed by atoms with Gasteiger partial charge in [-0.1, -0.05) is 36.4 Å². The Morgan fingerprint density at radius 1 is 1.16 bits per heavy atom. The van der Waals surface area contributed by atoms with Gasteiger partial charge in [-0.2, -0.15) is 5.26 Å². The molecule has 0 saturated heterocycles. The highest BCUT2D eigenvalue weighted by atomic mass is 16.5. The Morgan fingerprint density at radius 2 is 1.97 bits per heavy atom. The van der Waals surface area contributed by atoms with Crippen LogP contribution in [0, 0.1) is 18.3 Å². The maximum absolute atomic E-state index is 9.21. The van der Waals surface area contributed by atoms with E-state index in [2.05, 4.69) is 71.5 Å². The van der Waals surface area contributed by atoms with Gasteiger partial charge in [-0.15, -0.1) is 0 Å². The van der Waals surface area contributed by atoms with Crippen molar-refractivity contribution in [2.75, 3.05) is 25.0 Å². The molecule has 0 radical (unpaired) electrons. The molecule has 2 aromatic carbocycles. The summed E-state index contributed by atoms with van der Waals surface area (Å²) in [5.74, 6) is 1.10. The van der Waals surface area contributed by atoms with Gasteiger partial charge in [0.1, 0.15) is 5.76 Å². The van der Waals surface area contributed by atoms with E-state index in [1.54, 1.807) is 0 Å². The smallest absolute Gasteiger partial charge is 0.149 e. The van der Waals surface area contributed by atoms with Crippen molar-refractivity contribution >= 4 is 16.9 Å². The molecule has 3 heterocycles. The Kier molecular flexibility index (Phi) is 4.63. The second-order valence-electron chi connectivity index (χ2n) is 8.34. The number of nitriles is 1. The van der Waals surface area contributed by atoms with Gasteiger partial charge < -0.3 is 14.3 Å². The fourth-order valence-corrected chi connectivity index (χ4v) is 4.46. The summed E-state index contributed by atoms with van der Waals surface area (Å²) < 4.78 is 5.77. The molecule has 0 bridgehead atoms. The van der Waals surface area contributed by atoms with Crippen LogP contribution in [0.1, 0.15) is 35.4 Å². The Labute approximate surface area is 182 Å². The monoisotopic (exact) mass is 408 g/mol. The van der Waals surface area contributed by atoms with Crippen molar-refractivity contribution in [1.29, 1.82) is 5.26 Å². The molecule has 5 heteroatoms. The van der Waals surface area contributed by atoms with Gasteiger partial charge >= 0.3 is 0 Å². The molecule has 0 aliphatic carbocycles. The van der Waals surface area contributed by atoms with Gasteiger partial charge in [-0.05, 0) is 48.4 Å². The van der Waals surface area contributed by atoms with Crippen LogP contribution in [-0.4, -0.2) is 30.2 Å². The highest BCUT2D eigenvalue weighted by Crippen LogP contribution is 2.45. The van der Waals surface area contributed by atoms with Crippen LogP contribution < -0.4 is 4.90 Å². The SMILES string of the molecule is Cc1noc2c1-c1ccc(C3=CN(C)CC=C3)cc1N(c1ccc(C#N)cc1)CC2C. The number of benzene rings is 2. The van der Waals surface area contributed by atoms with Gasteiger partial charge in [0.15, 0.2) is 0 Å². The zero-order valence-electron chi connectivity index (χ0n) is 18.0. The van der Waals surface area contributed by atoms with Gasteiger partial charge in [0.25, 0.3) is 0 Å². The minimum Gasteiger partial charge on any atom is -0.376 e. The molecule has 1 atom stereocenters. The first-order valence-electron chi connectivity index (χ1n) is 10.5. The van der Waals surface area contributed by atoms with E-state index < -0.39 is 0 Å². The molecule has 1 unspecified atom stereocenters. The van der Waals surface area contributed by atoms with Gasteiger partial charge in [-0.25, -0.2) is 0 Å². The van der Waals surface area contributed by atoms with Gasteiger partial charge in [0.05, 0.1) is 17.3 Å². The molecule has 1 aromatic heterocycles. The van der Waals surface area contributed by atoms with E-state index in [1.807, 2.05) is 31.2 Å². The van der Waals surface area contributed by atoms with Gasteiger partial charge in [0.2, 0.25) is 0 Å². The summed E-state index contributed by atoms with van der Waals surface area (Å²) in [6.07, 6.45) is 6.55. The third-order valence-electron chi connectivity index (χ3n) is 6.04. The largest absolute Gasteiger partial charge is 0.376 e. The first kappa shape index (κ1) is 19.2. The lowest BCUT2D eigenvalue weighted by atomic mass is 9.95. The van der Waals surface area contributed by atoms with E-state index in [1.165, 1.54) is 11.1 Å². The minimum absolute atomic E-state index is 0.169. The van der Waals surface area contributed by atoms with Gasteiger partial charge in [0, 0.05) is 54.8 Å². The molecular weight excluding hydrogens is 384 g/mol. The highest BCUT2D eigenvalue weighted by molar-refractivity contribution is 5.89. The third kappa shape index (κ3) is 3.30. The quantitative estimate of drug-likeness (QED) is 0.551. The van der Waals surface area contributed by atoms with Crippen molar-refractivity contribution in [2.24, 2.45) is 0 Å². The lowest BCUT2D eigenvalue weighted by molar-refractivity contribution is 0.364. The van der Waals surface area contributed by atoms with Crippen LogP contribution in [0.25, 0.3) is 16.7 Å². The number of nitrogens with zero attached hydrogens (tertiary/aromatic N) is 4. The summed E-state index contributed by atoms with van der Waals surface area (Å²) in [6, 6.07) is 16.6. The fourth-order valence-electron chi connectivity index (χ4n) is 4.46. The number of allylic oxidation sites excluding steroid dienone is 2. The first-order chi connectivity index (χ1) is 15.0. The van der Waals surface area contributed by atoms with Crippen LogP contribution in [0.15, 0.2) is 65.3 Å². The summed E-state index contributed by atoms with van der Waals surface area (Å²) in [6.45, 7) is 5.87. The van der Waals surface area contributed by atoms with Crippen molar-refractivity contribution < 1.29 is 4.52 Å². The molecule has 0 amide bonds. The first-order valence-corrected chi connectivity index (χ1v) is 10.5. The molecule has 0 fully saturated rings. The molecular formula is C26H24N4O. The molecule has 154 valence electrons. The number of fused-ring (bicyclic) bond motifs is 3. The lowest BCUT2D eigenvalue weighted by Crippen LogP contribution is -2.21. The van der Waals surface area contributed by atoms with Crippen LogP contribution in [-0.2, 0) is 0 Å². The summed E-state index contributed by atoms with van der Waals surface area (Å²) in [7, 11) is 2.09.